The first-order chi connectivity index (χ1) is 12.5. The number of hydrogen-bond donors (Lipinski definition) is 3. The fraction of sp³-hybridized carbons (Fsp3) is 0.278. The molecule has 7 nitrogen and oxygen atoms in total. The second-order valence-corrected chi connectivity index (χ2v) is 6.09. The monoisotopic (exact) mass is 376 g/mol. The first-order valence-corrected chi connectivity index (χ1v) is 8.64. The van der Waals surface area contributed by atoms with Gasteiger partial charge in [-0.3, -0.25) is 14.9 Å². The highest BCUT2D eigenvalue weighted by molar-refractivity contribution is 6.31. The Morgan fingerprint density at radius 1 is 1.19 bits per heavy atom. The van der Waals surface area contributed by atoms with Crippen LogP contribution < -0.4 is 16.4 Å². The lowest BCUT2D eigenvalue weighted by Gasteiger charge is -2.10. The van der Waals surface area contributed by atoms with Gasteiger partial charge in [0, 0.05) is 29.7 Å². The van der Waals surface area contributed by atoms with Crippen LogP contribution >= 0.6 is 11.6 Å². The molecule has 0 aliphatic heterocycles. The average molecular weight is 377 g/mol. The molecule has 0 radical (unpaired) electrons. The van der Waals surface area contributed by atoms with Crippen LogP contribution in [0.5, 0.6) is 0 Å². The first-order valence-electron chi connectivity index (χ1n) is 8.27. The number of anilines is 1. The number of carbonyl (C=O) groups excluding carboxylic acids is 1. The molecule has 2 aromatic rings. The van der Waals surface area contributed by atoms with Crippen LogP contribution in [0, 0.1) is 10.1 Å². The summed E-state index contributed by atoms with van der Waals surface area (Å²) in [6.45, 7) is 1.38. The maximum absolute atomic E-state index is 12.1. The van der Waals surface area contributed by atoms with E-state index in [4.69, 9.17) is 17.3 Å². The lowest BCUT2D eigenvalue weighted by Crippen LogP contribution is -2.25. The number of carbonyl (C=O) groups is 1. The predicted molar refractivity (Wildman–Crippen MR) is 102 cm³/mol. The minimum atomic E-state index is -0.514. The molecule has 0 heterocycles. The van der Waals surface area contributed by atoms with E-state index in [1.54, 1.807) is 12.1 Å². The standard InChI is InChI=1S/C18H21ClN4O3/c19-15-6-2-1-5-14(15)12-22-16-8-7-13(11-17(16)23(25)26)18(24)21-10-4-3-9-20/h1-2,5-8,11,22H,3-4,9-10,12,20H2,(H,21,24). The minimum Gasteiger partial charge on any atom is -0.375 e. The van der Waals surface area contributed by atoms with E-state index in [2.05, 4.69) is 10.6 Å². The molecule has 0 unspecified atom stereocenters. The molecule has 2 rings (SSSR count). The van der Waals surface area contributed by atoms with E-state index in [0.717, 1.165) is 18.4 Å². The highest BCUT2D eigenvalue weighted by Crippen LogP contribution is 2.27. The van der Waals surface area contributed by atoms with E-state index in [0.29, 0.717) is 30.3 Å². The average Bonchev–Trinajstić information content (AvgIpc) is 2.64. The molecule has 26 heavy (non-hydrogen) atoms. The molecule has 0 saturated carbocycles. The Balaban J connectivity index is 2.09. The Kier molecular flexibility index (Phi) is 7.37. The van der Waals surface area contributed by atoms with E-state index in [-0.39, 0.29) is 17.2 Å². The molecule has 4 N–H and O–H groups in total. The van der Waals surface area contributed by atoms with Crippen molar-refractivity contribution < 1.29 is 9.72 Å². The Hall–Kier alpha value is -2.64. The number of benzene rings is 2. The van der Waals surface area contributed by atoms with Crippen molar-refractivity contribution in [2.75, 3.05) is 18.4 Å². The number of unbranched alkanes of at least 4 members (excludes halogenated alkanes) is 1. The summed E-state index contributed by atoms with van der Waals surface area (Å²) in [6, 6.07) is 11.6. The number of halogens is 1. The third-order valence-electron chi connectivity index (χ3n) is 3.80. The minimum absolute atomic E-state index is 0.160. The Morgan fingerprint density at radius 3 is 2.65 bits per heavy atom. The second-order valence-electron chi connectivity index (χ2n) is 5.69. The van der Waals surface area contributed by atoms with Gasteiger partial charge < -0.3 is 16.4 Å². The van der Waals surface area contributed by atoms with Crippen molar-refractivity contribution >= 4 is 28.9 Å². The SMILES string of the molecule is NCCCCNC(=O)c1ccc(NCc2ccccc2Cl)c([N+](=O)[O-])c1. The van der Waals surface area contributed by atoms with Crippen molar-refractivity contribution in [2.45, 2.75) is 19.4 Å². The topological polar surface area (TPSA) is 110 Å². The van der Waals surface area contributed by atoms with Crippen LogP contribution in [0.15, 0.2) is 42.5 Å². The van der Waals surface area contributed by atoms with Gasteiger partial charge >= 0.3 is 0 Å². The van der Waals surface area contributed by atoms with Gasteiger partial charge in [0.2, 0.25) is 0 Å². The molecule has 8 heteroatoms. The number of rotatable bonds is 9. The summed E-state index contributed by atoms with van der Waals surface area (Å²) in [5, 5.41) is 17.7. The highest BCUT2D eigenvalue weighted by Gasteiger charge is 2.17. The Bertz CT molecular complexity index is 783. The van der Waals surface area contributed by atoms with Gasteiger partial charge in [-0.05, 0) is 43.1 Å². The van der Waals surface area contributed by atoms with Gasteiger partial charge in [0.15, 0.2) is 0 Å². The number of nitro groups is 1. The van der Waals surface area contributed by atoms with E-state index < -0.39 is 4.92 Å². The smallest absolute Gasteiger partial charge is 0.293 e. The molecule has 0 fully saturated rings. The van der Waals surface area contributed by atoms with Crippen LogP contribution in [0.3, 0.4) is 0 Å². The zero-order valence-electron chi connectivity index (χ0n) is 14.2. The lowest BCUT2D eigenvalue weighted by molar-refractivity contribution is -0.384. The maximum atomic E-state index is 12.1. The maximum Gasteiger partial charge on any atom is 0.293 e. The van der Waals surface area contributed by atoms with Gasteiger partial charge in [0.1, 0.15) is 5.69 Å². The Labute approximate surface area is 156 Å². The van der Waals surface area contributed by atoms with Crippen LogP contribution in [0.2, 0.25) is 5.02 Å². The van der Waals surface area contributed by atoms with Crippen molar-refractivity contribution in [3.8, 4) is 0 Å². The zero-order valence-corrected chi connectivity index (χ0v) is 15.0. The normalized spacial score (nSPS) is 10.4. The molecule has 0 aliphatic rings. The molecule has 0 saturated heterocycles. The summed E-state index contributed by atoms with van der Waals surface area (Å²) in [5.74, 6) is -0.345. The fourth-order valence-electron chi connectivity index (χ4n) is 2.38. The van der Waals surface area contributed by atoms with Crippen molar-refractivity contribution in [1.29, 1.82) is 0 Å². The van der Waals surface area contributed by atoms with Crippen molar-refractivity contribution in [1.82, 2.24) is 5.32 Å². The molecule has 138 valence electrons. The lowest BCUT2D eigenvalue weighted by atomic mass is 10.1. The van der Waals surface area contributed by atoms with E-state index in [1.165, 1.54) is 12.1 Å². The number of amides is 1. The van der Waals surface area contributed by atoms with Crippen molar-refractivity contribution in [3.05, 3.63) is 68.7 Å². The van der Waals surface area contributed by atoms with E-state index in [1.807, 2.05) is 18.2 Å². The third-order valence-corrected chi connectivity index (χ3v) is 4.17. The molecule has 0 spiro atoms. The quantitative estimate of drug-likeness (QED) is 0.353. The summed E-state index contributed by atoms with van der Waals surface area (Å²) >= 11 is 6.10. The number of nitrogens with one attached hydrogen (secondary N) is 2. The highest BCUT2D eigenvalue weighted by atomic mass is 35.5. The molecule has 1 amide bonds. The molecular weight excluding hydrogens is 356 g/mol. The Morgan fingerprint density at radius 2 is 1.96 bits per heavy atom. The van der Waals surface area contributed by atoms with Crippen LogP contribution in [0.1, 0.15) is 28.8 Å². The number of hydrogen-bond acceptors (Lipinski definition) is 5. The molecular formula is C18H21ClN4O3. The summed E-state index contributed by atoms with van der Waals surface area (Å²) in [4.78, 5) is 23.0. The molecule has 0 aromatic heterocycles. The van der Waals surface area contributed by atoms with Crippen molar-refractivity contribution in [3.63, 3.8) is 0 Å². The third kappa shape index (κ3) is 5.44. The summed E-state index contributed by atoms with van der Waals surface area (Å²) in [5.41, 5.74) is 6.64. The van der Waals surface area contributed by atoms with Crippen LogP contribution in [-0.4, -0.2) is 23.9 Å². The first kappa shape index (κ1) is 19.7. The number of nitrogens with zero attached hydrogens (tertiary/aromatic N) is 1. The summed E-state index contributed by atoms with van der Waals surface area (Å²) in [7, 11) is 0. The predicted octanol–water partition coefficient (Wildman–Crippen LogP) is 3.33. The molecule has 0 atom stereocenters. The number of nitrogens with two attached hydrogens (primary N) is 1. The van der Waals surface area contributed by atoms with Gasteiger partial charge in [-0.15, -0.1) is 0 Å². The van der Waals surface area contributed by atoms with Gasteiger partial charge in [0.25, 0.3) is 11.6 Å². The summed E-state index contributed by atoms with van der Waals surface area (Å²) < 4.78 is 0. The summed E-state index contributed by atoms with van der Waals surface area (Å²) in [6.07, 6.45) is 1.58. The van der Waals surface area contributed by atoms with Gasteiger partial charge in [-0.1, -0.05) is 29.8 Å². The molecule has 0 bridgehead atoms. The molecule has 0 aliphatic carbocycles. The fourth-order valence-corrected chi connectivity index (χ4v) is 2.58. The number of nitro benzene ring substituents is 1. The van der Waals surface area contributed by atoms with E-state index in [9.17, 15) is 14.9 Å². The largest absolute Gasteiger partial charge is 0.375 e. The van der Waals surface area contributed by atoms with Crippen LogP contribution in [-0.2, 0) is 6.54 Å². The van der Waals surface area contributed by atoms with Crippen molar-refractivity contribution in [2.24, 2.45) is 5.73 Å². The van der Waals surface area contributed by atoms with E-state index >= 15 is 0 Å². The van der Waals surface area contributed by atoms with Gasteiger partial charge in [0.05, 0.1) is 4.92 Å². The molecule has 2 aromatic carbocycles. The zero-order chi connectivity index (χ0) is 18.9. The second kappa shape index (κ2) is 9.74. The van der Waals surface area contributed by atoms with Crippen LogP contribution in [0.4, 0.5) is 11.4 Å². The van der Waals surface area contributed by atoms with Gasteiger partial charge in [-0.2, -0.15) is 0 Å². The van der Waals surface area contributed by atoms with Crippen LogP contribution in [0.25, 0.3) is 0 Å². The van der Waals surface area contributed by atoms with Gasteiger partial charge in [-0.25, -0.2) is 0 Å².